The summed E-state index contributed by atoms with van der Waals surface area (Å²) in [5, 5.41) is 12.5. The summed E-state index contributed by atoms with van der Waals surface area (Å²) in [5.41, 5.74) is 5.72. The predicted octanol–water partition coefficient (Wildman–Crippen LogP) is 6.19. The third-order valence-corrected chi connectivity index (χ3v) is 8.05. The molecule has 2 heterocycles. The normalized spacial score (nSPS) is 18.8. The average Bonchev–Trinajstić information content (AvgIpc) is 3.54. The molecule has 0 fully saturated rings. The monoisotopic (exact) mass is 594 g/mol. The Bertz CT molecular complexity index is 1490. The van der Waals surface area contributed by atoms with Gasteiger partial charge in [0.25, 0.3) is 11.8 Å². The van der Waals surface area contributed by atoms with Crippen molar-refractivity contribution in [3.8, 4) is 5.75 Å². The number of nitrogens with zero attached hydrogens (tertiary/aromatic N) is 4. The van der Waals surface area contributed by atoms with E-state index < -0.39 is 23.7 Å². The second-order valence-electron chi connectivity index (χ2n) is 11.0. The summed E-state index contributed by atoms with van der Waals surface area (Å²) < 4.78 is 10.6. The van der Waals surface area contributed by atoms with Crippen LogP contribution in [0.5, 0.6) is 5.75 Å². The molecule has 228 valence electrons. The number of anilines is 2. The van der Waals surface area contributed by atoms with Gasteiger partial charge in [0, 0.05) is 5.92 Å². The minimum atomic E-state index is -0.684. The second-order valence-corrected chi connectivity index (χ2v) is 11.0. The standard InChI is InChI=1S/C35H38N4O5/c1-6-28-32(34(41)38(36-28)25-15-9-22(4)10-16-25)31(24-13-19-27(20-14-24)44-21-30(40)43-8-3)33-29(7-2)37-39(35(33)42)26-17-11-23(5)12-18-26/h9-20,31-33H,6-8,21H2,1-5H3. The minimum Gasteiger partial charge on any atom is -0.482 e. The molecular weight excluding hydrogens is 556 g/mol. The molecule has 2 aliphatic heterocycles. The maximum atomic E-state index is 14.3. The lowest BCUT2D eigenvalue weighted by Gasteiger charge is -2.29. The molecule has 9 heteroatoms. The number of carbonyl (C=O) groups is 3. The van der Waals surface area contributed by atoms with E-state index in [9.17, 15) is 14.4 Å². The van der Waals surface area contributed by atoms with Crippen molar-refractivity contribution < 1.29 is 23.9 Å². The second kappa shape index (κ2) is 13.2. The van der Waals surface area contributed by atoms with Gasteiger partial charge < -0.3 is 9.47 Å². The fourth-order valence-electron chi connectivity index (χ4n) is 5.78. The molecule has 9 nitrogen and oxygen atoms in total. The van der Waals surface area contributed by atoms with Crippen LogP contribution in [-0.4, -0.2) is 42.4 Å². The molecule has 0 bridgehead atoms. The quantitative estimate of drug-likeness (QED) is 0.247. The van der Waals surface area contributed by atoms with Crippen molar-refractivity contribution in [1.29, 1.82) is 0 Å². The van der Waals surface area contributed by atoms with Crippen molar-refractivity contribution in [1.82, 2.24) is 0 Å². The molecule has 2 unspecified atom stereocenters. The van der Waals surface area contributed by atoms with Crippen LogP contribution >= 0.6 is 0 Å². The van der Waals surface area contributed by atoms with Gasteiger partial charge in [-0.2, -0.15) is 10.2 Å². The van der Waals surface area contributed by atoms with E-state index in [1.54, 1.807) is 19.1 Å². The van der Waals surface area contributed by atoms with Crippen molar-refractivity contribution in [3.05, 3.63) is 89.5 Å². The van der Waals surface area contributed by atoms with Gasteiger partial charge in [0.2, 0.25) is 0 Å². The fraction of sp³-hybridized carbons (Fsp3) is 0.343. The first-order valence-corrected chi connectivity index (χ1v) is 15.1. The largest absolute Gasteiger partial charge is 0.482 e. The number of hydrogen-bond donors (Lipinski definition) is 0. The van der Waals surface area contributed by atoms with Crippen LogP contribution in [0.4, 0.5) is 11.4 Å². The highest BCUT2D eigenvalue weighted by molar-refractivity contribution is 6.20. The Labute approximate surface area is 258 Å². The van der Waals surface area contributed by atoms with Crippen LogP contribution in [0.3, 0.4) is 0 Å². The van der Waals surface area contributed by atoms with E-state index >= 15 is 0 Å². The first-order chi connectivity index (χ1) is 21.2. The third-order valence-electron chi connectivity index (χ3n) is 8.05. The number of rotatable bonds is 11. The molecule has 0 spiro atoms. The molecule has 0 aliphatic carbocycles. The summed E-state index contributed by atoms with van der Waals surface area (Å²) >= 11 is 0. The van der Waals surface area contributed by atoms with E-state index in [1.165, 1.54) is 10.0 Å². The van der Waals surface area contributed by atoms with Gasteiger partial charge in [-0.3, -0.25) is 9.59 Å². The Morgan fingerprint density at radius 1 is 0.727 bits per heavy atom. The fourth-order valence-corrected chi connectivity index (χ4v) is 5.78. The minimum absolute atomic E-state index is 0.185. The van der Waals surface area contributed by atoms with E-state index in [4.69, 9.17) is 19.7 Å². The van der Waals surface area contributed by atoms with Crippen molar-refractivity contribution in [2.45, 2.75) is 53.4 Å². The van der Waals surface area contributed by atoms with Crippen molar-refractivity contribution in [2.24, 2.45) is 22.0 Å². The summed E-state index contributed by atoms with van der Waals surface area (Å²) in [7, 11) is 0. The molecule has 44 heavy (non-hydrogen) atoms. The Balaban J connectivity index is 1.55. The Hall–Kier alpha value is -4.79. The van der Waals surface area contributed by atoms with Crippen LogP contribution in [-0.2, 0) is 19.1 Å². The Morgan fingerprint density at radius 3 is 1.59 bits per heavy atom. The maximum absolute atomic E-state index is 14.3. The Kier molecular flexibility index (Phi) is 9.23. The number of esters is 1. The first-order valence-electron chi connectivity index (χ1n) is 15.1. The van der Waals surface area contributed by atoms with Gasteiger partial charge in [-0.05, 0) is 75.6 Å². The van der Waals surface area contributed by atoms with Crippen LogP contribution in [0.15, 0.2) is 83.0 Å². The molecule has 2 amide bonds. The Morgan fingerprint density at radius 2 is 1.18 bits per heavy atom. The molecule has 0 radical (unpaired) electrons. The number of amides is 2. The van der Waals surface area contributed by atoms with Gasteiger partial charge in [-0.15, -0.1) is 0 Å². The molecule has 3 aromatic carbocycles. The number of ether oxygens (including phenoxy) is 2. The number of aryl methyl sites for hydroxylation is 2. The lowest BCUT2D eigenvalue weighted by Crippen LogP contribution is -2.40. The molecule has 0 saturated carbocycles. The van der Waals surface area contributed by atoms with Gasteiger partial charge in [0.1, 0.15) is 5.75 Å². The van der Waals surface area contributed by atoms with E-state index in [2.05, 4.69) is 0 Å². The SMILES string of the molecule is CCOC(=O)COc1ccc(C(C2C(=O)N(c3ccc(C)cc3)N=C2CC)C2C(=O)N(c3ccc(C)cc3)N=C2CC)cc1. The van der Waals surface area contributed by atoms with Gasteiger partial charge >= 0.3 is 5.97 Å². The molecule has 5 rings (SSSR count). The molecule has 2 atom stereocenters. The molecule has 0 aromatic heterocycles. The number of hydrazone groups is 2. The van der Waals surface area contributed by atoms with Crippen molar-refractivity contribution in [3.63, 3.8) is 0 Å². The zero-order valence-corrected chi connectivity index (χ0v) is 25.8. The van der Waals surface area contributed by atoms with E-state index in [-0.39, 0.29) is 25.0 Å². The summed E-state index contributed by atoms with van der Waals surface area (Å²) in [4.78, 5) is 40.4. The van der Waals surface area contributed by atoms with Gasteiger partial charge in [-0.25, -0.2) is 14.8 Å². The number of carbonyl (C=O) groups excluding carboxylic acids is 3. The third kappa shape index (κ3) is 6.13. The number of hydrogen-bond acceptors (Lipinski definition) is 7. The van der Waals surface area contributed by atoms with Gasteiger partial charge in [-0.1, -0.05) is 61.4 Å². The zero-order chi connectivity index (χ0) is 31.4. The van der Waals surface area contributed by atoms with Crippen LogP contribution in [0.1, 0.15) is 56.2 Å². The summed E-state index contributed by atoms with van der Waals surface area (Å²) in [6.07, 6.45) is 1.08. The van der Waals surface area contributed by atoms with Crippen molar-refractivity contribution >= 4 is 40.6 Å². The van der Waals surface area contributed by atoms with E-state index in [0.717, 1.165) is 16.7 Å². The topological polar surface area (TPSA) is 101 Å². The summed E-state index contributed by atoms with van der Waals surface area (Å²) in [6.45, 7) is 9.74. The highest BCUT2D eigenvalue weighted by Crippen LogP contribution is 2.44. The smallest absolute Gasteiger partial charge is 0.344 e. The predicted molar refractivity (Wildman–Crippen MR) is 171 cm³/mol. The first kappa shape index (κ1) is 30.7. The van der Waals surface area contributed by atoms with Gasteiger partial charge in [0.05, 0.1) is 41.2 Å². The highest BCUT2D eigenvalue weighted by Gasteiger charge is 2.51. The van der Waals surface area contributed by atoms with E-state index in [1.807, 2.05) is 88.4 Å². The molecule has 0 saturated heterocycles. The summed E-state index contributed by atoms with van der Waals surface area (Å²) in [5.74, 6) is -2.29. The van der Waals surface area contributed by atoms with Gasteiger partial charge in [0.15, 0.2) is 6.61 Å². The average molecular weight is 595 g/mol. The zero-order valence-electron chi connectivity index (χ0n) is 25.8. The van der Waals surface area contributed by atoms with Crippen molar-refractivity contribution in [2.75, 3.05) is 23.2 Å². The number of benzene rings is 3. The molecular formula is C35H38N4O5. The lowest BCUT2D eigenvalue weighted by atomic mass is 9.71. The van der Waals surface area contributed by atoms with E-state index in [0.29, 0.717) is 41.4 Å². The van der Waals surface area contributed by atoms with Crippen LogP contribution < -0.4 is 14.8 Å². The van der Waals surface area contributed by atoms with Crippen LogP contribution in [0.25, 0.3) is 0 Å². The lowest BCUT2D eigenvalue weighted by molar-refractivity contribution is -0.145. The van der Waals surface area contributed by atoms with Crippen LogP contribution in [0.2, 0.25) is 0 Å². The molecule has 3 aromatic rings. The molecule has 0 N–H and O–H groups in total. The molecule has 2 aliphatic rings. The van der Waals surface area contributed by atoms with Crippen LogP contribution in [0, 0.1) is 25.7 Å². The highest BCUT2D eigenvalue weighted by atomic mass is 16.6. The summed E-state index contributed by atoms with van der Waals surface area (Å²) in [6, 6.07) is 22.6. The maximum Gasteiger partial charge on any atom is 0.344 e.